The summed E-state index contributed by atoms with van der Waals surface area (Å²) in [5, 5.41) is 8.80. The maximum absolute atomic E-state index is 12.9. The summed E-state index contributed by atoms with van der Waals surface area (Å²) >= 11 is 6.31. The highest BCUT2D eigenvalue weighted by Crippen LogP contribution is 2.48. The largest absolute Gasteiger partial charge is 0.352 e. The van der Waals surface area contributed by atoms with Gasteiger partial charge >= 0.3 is 0 Å². The molecule has 0 unspecified atom stereocenters. The number of carbonyl (C=O) groups excluding carboxylic acids is 2. The molecule has 3 aromatic rings. The van der Waals surface area contributed by atoms with Crippen molar-refractivity contribution in [1.82, 2.24) is 5.32 Å². The fourth-order valence-corrected chi connectivity index (χ4v) is 5.28. The molecule has 0 aliphatic heterocycles. The number of hydrogen-bond donors (Lipinski definition) is 2. The van der Waals surface area contributed by atoms with Crippen LogP contribution in [0.15, 0.2) is 60.7 Å². The predicted octanol–water partition coefficient (Wildman–Crippen LogP) is 6.55. The summed E-state index contributed by atoms with van der Waals surface area (Å²) in [6.07, 6.45) is 7.08. The van der Waals surface area contributed by atoms with Gasteiger partial charge in [-0.25, -0.2) is 0 Å². The summed E-state index contributed by atoms with van der Waals surface area (Å²) in [5.41, 5.74) is 2.49. The second kappa shape index (κ2) is 9.56. The first-order chi connectivity index (χ1) is 16.1. The number of benzene rings is 3. The van der Waals surface area contributed by atoms with E-state index in [1.54, 1.807) is 0 Å². The number of anilines is 1. The molecule has 170 valence electrons. The van der Waals surface area contributed by atoms with Crippen LogP contribution in [0.2, 0.25) is 5.02 Å². The van der Waals surface area contributed by atoms with Crippen molar-refractivity contribution >= 4 is 39.9 Å². The third kappa shape index (κ3) is 5.06. The van der Waals surface area contributed by atoms with E-state index in [1.807, 2.05) is 60.7 Å². The second-order valence-corrected chi connectivity index (χ2v) is 9.86. The van der Waals surface area contributed by atoms with Gasteiger partial charge in [-0.3, -0.25) is 9.59 Å². The van der Waals surface area contributed by atoms with Crippen LogP contribution in [0.5, 0.6) is 0 Å². The number of carbonyl (C=O) groups is 2. The Bertz CT molecular complexity index is 1190. The second-order valence-electron chi connectivity index (χ2n) is 9.45. The van der Waals surface area contributed by atoms with E-state index in [-0.39, 0.29) is 23.7 Å². The van der Waals surface area contributed by atoms with Gasteiger partial charge in [0.1, 0.15) is 0 Å². The fraction of sp³-hybridized carbons (Fsp3) is 0.357. The normalized spacial score (nSPS) is 20.4. The van der Waals surface area contributed by atoms with Crippen LogP contribution in [0.25, 0.3) is 10.8 Å². The minimum atomic E-state index is -0.0764. The molecule has 3 aromatic carbocycles. The number of amides is 2. The van der Waals surface area contributed by atoms with Gasteiger partial charge in [0.2, 0.25) is 5.91 Å². The zero-order chi connectivity index (χ0) is 22.8. The Kier molecular flexibility index (Phi) is 6.37. The zero-order valence-corrected chi connectivity index (χ0v) is 19.4. The first-order valence-electron chi connectivity index (χ1n) is 12.0. The van der Waals surface area contributed by atoms with E-state index in [4.69, 9.17) is 11.6 Å². The van der Waals surface area contributed by atoms with Crippen LogP contribution in [-0.2, 0) is 4.79 Å². The minimum Gasteiger partial charge on any atom is -0.352 e. The molecule has 2 N–H and O–H groups in total. The molecule has 5 rings (SSSR count). The van der Waals surface area contributed by atoms with Gasteiger partial charge in [0.25, 0.3) is 5.91 Å². The molecule has 0 saturated heterocycles. The van der Waals surface area contributed by atoms with Gasteiger partial charge in [-0.15, -0.1) is 0 Å². The molecule has 2 atom stereocenters. The molecular formula is C28H29ClN2O2. The van der Waals surface area contributed by atoms with E-state index in [9.17, 15) is 9.59 Å². The number of hydrogen-bond acceptors (Lipinski definition) is 2. The van der Waals surface area contributed by atoms with Crippen LogP contribution < -0.4 is 10.6 Å². The lowest BCUT2D eigenvalue weighted by Crippen LogP contribution is -2.30. The molecule has 0 radical (unpaired) electrons. The van der Waals surface area contributed by atoms with E-state index in [1.165, 1.54) is 32.1 Å². The Morgan fingerprint density at radius 1 is 0.939 bits per heavy atom. The lowest BCUT2D eigenvalue weighted by Gasteiger charge is -2.21. The molecule has 2 aliphatic rings. The molecular weight excluding hydrogens is 432 g/mol. The van der Waals surface area contributed by atoms with Crippen molar-refractivity contribution in [1.29, 1.82) is 0 Å². The van der Waals surface area contributed by atoms with Crippen molar-refractivity contribution in [2.75, 3.05) is 11.9 Å². The van der Waals surface area contributed by atoms with Crippen molar-refractivity contribution in [3.05, 3.63) is 76.8 Å². The lowest BCUT2D eigenvalue weighted by atomic mass is 9.89. The molecule has 0 spiro atoms. The van der Waals surface area contributed by atoms with Crippen molar-refractivity contribution in [3.8, 4) is 0 Å². The van der Waals surface area contributed by atoms with Crippen LogP contribution in [-0.4, -0.2) is 18.4 Å². The molecule has 2 amide bonds. The first kappa shape index (κ1) is 22.0. The predicted molar refractivity (Wildman–Crippen MR) is 134 cm³/mol. The average molecular weight is 461 g/mol. The first-order valence-corrected chi connectivity index (χ1v) is 12.3. The Labute approximate surface area is 199 Å². The number of nitrogens with one attached hydrogen (secondary N) is 2. The van der Waals surface area contributed by atoms with Crippen LogP contribution in [0.1, 0.15) is 60.4 Å². The topological polar surface area (TPSA) is 58.2 Å². The summed E-state index contributed by atoms with van der Waals surface area (Å²) in [4.78, 5) is 25.5. The van der Waals surface area contributed by atoms with Gasteiger partial charge in [-0.1, -0.05) is 61.2 Å². The summed E-state index contributed by atoms with van der Waals surface area (Å²) < 4.78 is 0. The molecule has 2 aliphatic carbocycles. The van der Waals surface area contributed by atoms with Gasteiger partial charge in [0.05, 0.1) is 0 Å². The monoisotopic (exact) mass is 460 g/mol. The minimum absolute atomic E-state index is 0.0126. The van der Waals surface area contributed by atoms with Crippen LogP contribution >= 0.6 is 11.6 Å². The standard InChI is InChI=1S/C28H29ClN2O2/c29-26-11-5-8-19-12-13-22(15-24(19)26)31-28(33)25-16-23(25)20-9-4-10-21(14-20)27(32)30-17-18-6-2-1-3-7-18/h4-5,8-15,18,23,25H,1-3,6-7,16-17H2,(H,30,32)(H,31,33)/t23-,25+/m0/s1. The highest BCUT2D eigenvalue weighted by molar-refractivity contribution is 6.35. The summed E-state index contributed by atoms with van der Waals surface area (Å²) in [7, 11) is 0. The fourth-order valence-electron chi connectivity index (χ4n) is 5.04. The van der Waals surface area contributed by atoms with E-state index in [0.29, 0.717) is 16.5 Å². The van der Waals surface area contributed by atoms with E-state index in [2.05, 4.69) is 10.6 Å². The van der Waals surface area contributed by atoms with Crippen LogP contribution in [0, 0.1) is 11.8 Å². The number of halogens is 1. The van der Waals surface area contributed by atoms with E-state index < -0.39 is 0 Å². The quantitative estimate of drug-likeness (QED) is 0.438. The van der Waals surface area contributed by atoms with Crippen molar-refractivity contribution in [2.45, 2.75) is 44.4 Å². The van der Waals surface area contributed by atoms with Crippen LogP contribution in [0.3, 0.4) is 0 Å². The van der Waals surface area contributed by atoms with Gasteiger partial charge < -0.3 is 10.6 Å². The van der Waals surface area contributed by atoms with Crippen molar-refractivity contribution in [2.24, 2.45) is 11.8 Å². The molecule has 0 bridgehead atoms. The molecule has 2 saturated carbocycles. The van der Waals surface area contributed by atoms with Gasteiger partial charge in [0, 0.05) is 34.1 Å². The highest BCUT2D eigenvalue weighted by atomic mass is 35.5. The molecule has 2 fully saturated rings. The van der Waals surface area contributed by atoms with Crippen molar-refractivity contribution < 1.29 is 9.59 Å². The molecule has 4 nitrogen and oxygen atoms in total. The summed E-state index contributed by atoms with van der Waals surface area (Å²) in [6, 6.07) is 19.3. The Morgan fingerprint density at radius 3 is 2.61 bits per heavy atom. The lowest BCUT2D eigenvalue weighted by molar-refractivity contribution is -0.117. The zero-order valence-electron chi connectivity index (χ0n) is 18.6. The van der Waals surface area contributed by atoms with Crippen molar-refractivity contribution in [3.63, 3.8) is 0 Å². The average Bonchev–Trinajstić information content (AvgIpc) is 3.65. The number of fused-ring (bicyclic) bond motifs is 1. The van der Waals surface area contributed by atoms with Gasteiger partial charge in [0.15, 0.2) is 0 Å². The summed E-state index contributed by atoms with van der Waals surface area (Å²) in [5.74, 6) is 0.677. The highest BCUT2D eigenvalue weighted by Gasteiger charge is 2.44. The van der Waals surface area contributed by atoms with E-state index >= 15 is 0 Å². The van der Waals surface area contributed by atoms with Gasteiger partial charge in [-0.05, 0) is 72.4 Å². The SMILES string of the molecule is O=C(NCC1CCCCC1)c1cccc([C@@H]2C[C@H]2C(=O)Nc2ccc3cccc(Cl)c3c2)c1. The third-order valence-corrected chi connectivity index (χ3v) is 7.41. The Balaban J connectivity index is 1.20. The van der Waals surface area contributed by atoms with Crippen LogP contribution in [0.4, 0.5) is 5.69 Å². The number of rotatable bonds is 6. The molecule has 5 heteroatoms. The third-order valence-electron chi connectivity index (χ3n) is 7.08. The molecule has 0 heterocycles. The van der Waals surface area contributed by atoms with Gasteiger partial charge in [-0.2, -0.15) is 0 Å². The Hall–Kier alpha value is -2.85. The molecule has 0 aromatic heterocycles. The smallest absolute Gasteiger partial charge is 0.251 e. The maximum Gasteiger partial charge on any atom is 0.251 e. The Morgan fingerprint density at radius 2 is 1.76 bits per heavy atom. The summed E-state index contributed by atoms with van der Waals surface area (Å²) in [6.45, 7) is 0.757. The van der Waals surface area contributed by atoms with E-state index in [0.717, 1.165) is 35.0 Å². The molecule has 33 heavy (non-hydrogen) atoms. The maximum atomic E-state index is 12.9.